The van der Waals surface area contributed by atoms with Crippen molar-refractivity contribution in [3.63, 3.8) is 0 Å². The van der Waals surface area contributed by atoms with Gasteiger partial charge in [-0.25, -0.2) is 4.79 Å². The smallest absolute Gasteiger partial charge is 0.344 e. The van der Waals surface area contributed by atoms with E-state index in [-0.39, 0.29) is 24.5 Å². The molecule has 0 radical (unpaired) electrons. The Morgan fingerprint density at radius 3 is 2.37 bits per heavy atom. The van der Waals surface area contributed by atoms with Gasteiger partial charge in [0.2, 0.25) is 0 Å². The van der Waals surface area contributed by atoms with Gasteiger partial charge in [0.25, 0.3) is 5.91 Å². The lowest BCUT2D eigenvalue weighted by Gasteiger charge is -2.56. The van der Waals surface area contributed by atoms with Gasteiger partial charge in [0.1, 0.15) is 5.75 Å². The molecule has 4 saturated carbocycles. The fourth-order valence-electron chi connectivity index (χ4n) is 5.73. The number of benzene rings is 1. The van der Waals surface area contributed by atoms with Gasteiger partial charge in [0.05, 0.1) is 0 Å². The summed E-state index contributed by atoms with van der Waals surface area (Å²) in [4.78, 5) is 23.9. The number of rotatable bonds is 7. The molecule has 5 nitrogen and oxygen atoms in total. The Labute approximate surface area is 164 Å². The van der Waals surface area contributed by atoms with Gasteiger partial charge in [-0.15, -0.1) is 0 Å². The zero-order chi connectivity index (χ0) is 18.9. The highest BCUT2D eigenvalue weighted by Gasteiger charge is 2.50. The lowest BCUT2D eigenvalue weighted by atomic mass is 9.49. The number of hydrogen-bond donors (Lipinski definition) is 1. The topological polar surface area (TPSA) is 64.6 Å². The summed E-state index contributed by atoms with van der Waals surface area (Å²) in [5.74, 6) is 2.26. The number of carbonyl (C=O) groups excluding carboxylic acids is 2. The maximum Gasteiger partial charge on any atom is 0.344 e. The Bertz CT molecular complexity index is 685. The first kappa shape index (κ1) is 18.6. The molecule has 6 heteroatoms. The third kappa shape index (κ3) is 4.57. The summed E-state index contributed by atoms with van der Waals surface area (Å²) in [5, 5.41) is 3.53. The molecule has 146 valence electrons. The number of halogens is 1. The summed E-state index contributed by atoms with van der Waals surface area (Å²) in [6.07, 6.45) is 7.89. The number of carbonyl (C=O) groups is 2. The average molecular weight is 392 g/mol. The lowest BCUT2D eigenvalue weighted by Crippen LogP contribution is -2.51. The van der Waals surface area contributed by atoms with E-state index in [2.05, 4.69) is 5.32 Å². The van der Waals surface area contributed by atoms with Crippen molar-refractivity contribution in [2.75, 3.05) is 19.8 Å². The molecule has 0 aromatic heterocycles. The van der Waals surface area contributed by atoms with Crippen LogP contribution in [0.1, 0.15) is 38.5 Å². The molecule has 27 heavy (non-hydrogen) atoms. The maximum absolute atomic E-state index is 12.1. The maximum atomic E-state index is 12.1. The van der Waals surface area contributed by atoms with Crippen LogP contribution < -0.4 is 10.1 Å². The van der Waals surface area contributed by atoms with E-state index in [0.29, 0.717) is 17.3 Å². The van der Waals surface area contributed by atoms with Crippen molar-refractivity contribution < 1.29 is 19.1 Å². The van der Waals surface area contributed by atoms with Gasteiger partial charge in [-0.05, 0) is 79.9 Å². The zero-order valence-electron chi connectivity index (χ0n) is 15.4. The second-order valence-electron chi connectivity index (χ2n) is 8.60. The van der Waals surface area contributed by atoms with Crippen molar-refractivity contribution in [3.05, 3.63) is 29.3 Å². The third-order valence-electron chi connectivity index (χ3n) is 6.34. The molecule has 1 amide bonds. The highest BCUT2D eigenvalue weighted by molar-refractivity contribution is 6.30. The van der Waals surface area contributed by atoms with E-state index in [4.69, 9.17) is 21.1 Å². The van der Waals surface area contributed by atoms with E-state index < -0.39 is 5.97 Å². The van der Waals surface area contributed by atoms with Gasteiger partial charge >= 0.3 is 5.97 Å². The quantitative estimate of drug-likeness (QED) is 0.721. The van der Waals surface area contributed by atoms with Crippen LogP contribution in [0.25, 0.3) is 0 Å². The summed E-state index contributed by atoms with van der Waals surface area (Å²) in [5.41, 5.74) is 0.282. The van der Waals surface area contributed by atoms with Crippen molar-refractivity contribution >= 4 is 23.5 Å². The third-order valence-corrected chi connectivity index (χ3v) is 6.58. The van der Waals surface area contributed by atoms with E-state index in [9.17, 15) is 9.59 Å². The van der Waals surface area contributed by atoms with Crippen LogP contribution in [-0.2, 0) is 14.3 Å². The molecule has 4 aliphatic carbocycles. The van der Waals surface area contributed by atoms with Crippen LogP contribution in [0.4, 0.5) is 0 Å². The Morgan fingerprint density at radius 2 is 1.74 bits per heavy atom. The van der Waals surface area contributed by atoms with Crippen LogP contribution in [-0.4, -0.2) is 31.6 Å². The molecule has 0 atom stereocenters. The summed E-state index contributed by atoms with van der Waals surface area (Å²) in [6.45, 7) is 0.207. The van der Waals surface area contributed by atoms with Gasteiger partial charge in [-0.1, -0.05) is 17.7 Å². The van der Waals surface area contributed by atoms with Crippen LogP contribution in [0.3, 0.4) is 0 Å². The molecule has 4 fully saturated rings. The van der Waals surface area contributed by atoms with Crippen LogP contribution in [0.15, 0.2) is 24.3 Å². The minimum Gasteiger partial charge on any atom is -0.482 e. The van der Waals surface area contributed by atoms with Crippen molar-refractivity contribution in [1.29, 1.82) is 0 Å². The number of hydrogen-bond acceptors (Lipinski definition) is 4. The van der Waals surface area contributed by atoms with Crippen molar-refractivity contribution in [2.24, 2.45) is 23.2 Å². The Balaban J connectivity index is 1.17. The largest absolute Gasteiger partial charge is 0.482 e. The molecule has 0 aliphatic heterocycles. The van der Waals surface area contributed by atoms with Crippen molar-refractivity contribution in [2.45, 2.75) is 38.5 Å². The molecule has 1 aromatic rings. The fourth-order valence-corrected chi connectivity index (χ4v) is 5.91. The number of esters is 1. The number of nitrogens with one attached hydrogen (secondary N) is 1. The molecular formula is C21H26ClNO4. The molecule has 4 bridgehead atoms. The van der Waals surface area contributed by atoms with Crippen molar-refractivity contribution in [1.82, 2.24) is 5.32 Å². The minimum absolute atomic E-state index is 0.234. The molecule has 0 unspecified atom stereocenters. The van der Waals surface area contributed by atoms with E-state index in [0.717, 1.165) is 17.8 Å². The zero-order valence-corrected chi connectivity index (χ0v) is 16.2. The summed E-state index contributed by atoms with van der Waals surface area (Å²) in [7, 11) is 0. The van der Waals surface area contributed by atoms with E-state index in [1.54, 1.807) is 24.3 Å². The molecule has 0 saturated heterocycles. The van der Waals surface area contributed by atoms with E-state index >= 15 is 0 Å². The van der Waals surface area contributed by atoms with E-state index in [1.807, 2.05) is 0 Å². The first-order valence-corrected chi connectivity index (χ1v) is 10.2. The van der Waals surface area contributed by atoms with Crippen LogP contribution >= 0.6 is 11.6 Å². The van der Waals surface area contributed by atoms with Crippen LogP contribution in [0.2, 0.25) is 5.02 Å². The first-order valence-electron chi connectivity index (χ1n) is 9.80. The molecule has 0 spiro atoms. The van der Waals surface area contributed by atoms with Gasteiger partial charge < -0.3 is 14.8 Å². The molecule has 5 rings (SSSR count). The fraction of sp³-hybridized carbons (Fsp3) is 0.619. The molecule has 0 heterocycles. The summed E-state index contributed by atoms with van der Waals surface area (Å²) < 4.78 is 10.3. The van der Waals surface area contributed by atoms with Gasteiger partial charge in [-0.3, -0.25) is 4.79 Å². The van der Waals surface area contributed by atoms with Gasteiger partial charge in [0, 0.05) is 11.6 Å². The molecule has 1 aromatic carbocycles. The van der Waals surface area contributed by atoms with Crippen LogP contribution in [0, 0.1) is 23.2 Å². The Hall–Kier alpha value is -1.75. The second-order valence-corrected chi connectivity index (χ2v) is 9.04. The standard InChI is InChI=1S/C21H26ClNO4/c22-17-2-1-3-18(7-17)26-12-20(25)27-11-19(24)23-13-21-8-14-4-15(9-21)6-16(5-14)10-21/h1-3,7,14-16H,4-6,8-13H2,(H,23,24). The highest BCUT2D eigenvalue weighted by atomic mass is 35.5. The van der Waals surface area contributed by atoms with Crippen LogP contribution in [0.5, 0.6) is 5.75 Å². The van der Waals surface area contributed by atoms with Gasteiger partial charge in [0.15, 0.2) is 13.2 Å². The SMILES string of the molecule is O=C(COC(=O)COc1cccc(Cl)c1)NCC12CC3CC(CC(C3)C1)C2. The average Bonchev–Trinajstić information content (AvgIpc) is 2.62. The second kappa shape index (κ2) is 7.70. The monoisotopic (exact) mass is 391 g/mol. The normalized spacial score (nSPS) is 30.8. The first-order chi connectivity index (χ1) is 13.0. The minimum atomic E-state index is -0.570. The Kier molecular flexibility index (Phi) is 5.31. The summed E-state index contributed by atoms with van der Waals surface area (Å²) in [6, 6.07) is 6.78. The van der Waals surface area contributed by atoms with Gasteiger partial charge in [-0.2, -0.15) is 0 Å². The lowest BCUT2D eigenvalue weighted by molar-refractivity contribution is -0.150. The highest BCUT2D eigenvalue weighted by Crippen LogP contribution is 2.59. The predicted molar refractivity (Wildman–Crippen MR) is 102 cm³/mol. The van der Waals surface area contributed by atoms with E-state index in [1.165, 1.54) is 38.5 Å². The number of amides is 1. The molecular weight excluding hydrogens is 366 g/mol. The Morgan fingerprint density at radius 1 is 1.07 bits per heavy atom. The number of ether oxygens (including phenoxy) is 2. The summed E-state index contributed by atoms with van der Waals surface area (Å²) >= 11 is 5.86. The molecule has 4 aliphatic rings. The predicted octanol–water partition coefficient (Wildman–Crippen LogP) is 3.59. The molecule has 1 N–H and O–H groups in total. The van der Waals surface area contributed by atoms with Crippen molar-refractivity contribution in [3.8, 4) is 5.75 Å².